The van der Waals surface area contributed by atoms with Crippen molar-refractivity contribution in [2.24, 2.45) is 5.73 Å². The van der Waals surface area contributed by atoms with Crippen LogP contribution in [0.25, 0.3) is 5.70 Å². The zero-order valence-corrected chi connectivity index (χ0v) is 25.2. The van der Waals surface area contributed by atoms with Gasteiger partial charge in [-0.25, -0.2) is 0 Å². The van der Waals surface area contributed by atoms with E-state index in [1.807, 2.05) is 68.4 Å². The standard InChI is InChI=1S/C32H38N4O3.C2H6.H3N/c1-2-11-28(26-15-7-4-8-16-26)36-29(32(38)35-19-10-9-14-24-12-5-3-6-13-24)23-25-17-18-30(39-21-20-37)27(22-25)31(33)34;1-2;/h3-8,11-13,15-18,20,22,29,36H,2,9-10,14,19,21,23H2,1H3,(H3,33,34)(H,35,38);1-2H3;1H3/b28-11+;;. The summed E-state index contributed by atoms with van der Waals surface area (Å²) in [6.07, 6.45) is 6.74. The van der Waals surface area contributed by atoms with Crippen LogP contribution in [0.1, 0.15) is 62.3 Å². The van der Waals surface area contributed by atoms with E-state index in [0.29, 0.717) is 30.6 Å². The van der Waals surface area contributed by atoms with Gasteiger partial charge in [0.25, 0.3) is 0 Å². The predicted octanol–water partition coefficient (Wildman–Crippen LogP) is 5.83. The van der Waals surface area contributed by atoms with Crippen molar-refractivity contribution in [3.8, 4) is 5.75 Å². The molecule has 1 atom stereocenters. The fourth-order valence-electron chi connectivity index (χ4n) is 4.31. The zero-order valence-electron chi connectivity index (χ0n) is 25.2. The summed E-state index contributed by atoms with van der Waals surface area (Å²) in [5.74, 6) is 0.0980. The molecule has 8 heteroatoms. The lowest BCUT2D eigenvalue weighted by atomic mass is 10.00. The van der Waals surface area contributed by atoms with Crippen molar-refractivity contribution in [1.82, 2.24) is 16.8 Å². The van der Waals surface area contributed by atoms with Crippen molar-refractivity contribution in [2.45, 2.75) is 58.9 Å². The number of rotatable bonds is 16. The number of aldehydes is 1. The number of carbonyl (C=O) groups is 2. The minimum Gasteiger partial charge on any atom is -0.485 e. The third-order valence-corrected chi connectivity index (χ3v) is 6.25. The fraction of sp³-hybridized carbons (Fsp3) is 0.324. The highest BCUT2D eigenvalue weighted by atomic mass is 16.5. The molecule has 3 aromatic rings. The molecule has 42 heavy (non-hydrogen) atoms. The maximum absolute atomic E-state index is 13.4. The van der Waals surface area contributed by atoms with Crippen molar-refractivity contribution < 1.29 is 14.3 Å². The van der Waals surface area contributed by atoms with Gasteiger partial charge in [-0.2, -0.15) is 0 Å². The van der Waals surface area contributed by atoms with Crippen LogP contribution in [-0.2, 0) is 22.4 Å². The molecule has 0 aliphatic heterocycles. The molecule has 0 saturated carbocycles. The minimum absolute atomic E-state index is 0. The monoisotopic (exact) mass is 573 g/mol. The molecule has 8 nitrogen and oxygen atoms in total. The Morgan fingerprint density at radius 3 is 2.26 bits per heavy atom. The van der Waals surface area contributed by atoms with Crippen molar-refractivity contribution in [2.75, 3.05) is 13.2 Å². The number of hydrogen-bond acceptors (Lipinski definition) is 6. The van der Waals surface area contributed by atoms with Crippen LogP contribution in [0.4, 0.5) is 0 Å². The fourth-order valence-corrected chi connectivity index (χ4v) is 4.31. The summed E-state index contributed by atoms with van der Waals surface area (Å²) in [6.45, 7) is 6.52. The maximum atomic E-state index is 13.4. The van der Waals surface area contributed by atoms with Crippen LogP contribution in [0.2, 0.25) is 0 Å². The zero-order chi connectivity index (χ0) is 29.9. The van der Waals surface area contributed by atoms with E-state index in [1.165, 1.54) is 5.56 Å². The van der Waals surface area contributed by atoms with Crippen LogP contribution < -0.4 is 27.3 Å². The van der Waals surface area contributed by atoms with Gasteiger partial charge in [0.2, 0.25) is 5.91 Å². The van der Waals surface area contributed by atoms with Gasteiger partial charge < -0.3 is 27.3 Å². The smallest absolute Gasteiger partial charge is 0.242 e. The summed E-state index contributed by atoms with van der Waals surface area (Å²) in [5, 5.41) is 14.5. The Bertz CT molecular complexity index is 1250. The van der Waals surface area contributed by atoms with E-state index in [9.17, 15) is 9.59 Å². The van der Waals surface area contributed by atoms with Gasteiger partial charge in [-0.3, -0.25) is 15.0 Å². The first-order valence-electron chi connectivity index (χ1n) is 14.4. The number of allylic oxidation sites excluding steroid dienone is 1. The van der Waals surface area contributed by atoms with Crippen LogP contribution in [0.3, 0.4) is 0 Å². The molecule has 3 rings (SSSR count). The lowest BCUT2D eigenvalue weighted by molar-refractivity contribution is -0.122. The molecule has 0 saturated heterocycles. The number of unbranched alkanes of at least 4 members (excludes halogenated alkanes) is 1. The number of nitrogens with two attached hydrogens (primary N) is 1. The summed E-state index contributed by atoms with van der Waals surface area (Å²) in [5.41, 5.74) is 10.2. The molecule has 0 heterocycles. The molecule has 0 bridgehead atoms. The number of nitrogen functional groups attached to an aromatic ring is 1. The Hall–Kier alpha value is -4.43. The molecule has 0 fully saturated rings. The number of amides is 1. The third kappa shape index (κ3) is 12.0. The Labute approximate surface area is 250 Å². The van der Waals surface area contributed by atoms with E-state index in [0.717, 1.165) is 42.5 Å². The van der Waals surface area contributed by atoms with E-state index >= 15 is 0 Å². The Kier molecular flexibility index (Phi) is 17.3. The molecule has 0 spiro atoms. The SMILES string of the molecule is CC.CC/C=C(/NC(Cc1ccc(OCC=O)c(C(=N)N)c1)C(=O)NCCCCc1ccccc1)c1ccccc1.N. The van der Waals surface area contributed by atoms with Gasteiger partial charge in [-0.05, 0) is 54.5 Å². The first-order valence-corrected chi connectivity index (χ1v) is 14.4. The third-order valence-electron chi connectivity index (χ3n) is 6.25. The van der Waals surface area contributed by atoms with E-state index in [1.54, 1.807) is 12.1 Å². The molecule has 1 amide bonds. The summed E-state index contributed by atoms with van der Waals surface area (Å²) in [4.78, 5) is 24.2. The first kappa shape index (κ1) is 35.6. The summed E-state index contributed by atoms with van der Waals surface area (Å²) < 4.78 is 5.42. The van der Waals surface area contributed by atoms with E-state index in [-0.39, 0.29) is 24.5 Å². The number of benzene rings is 3. The number of ether oxygens (including phenoxy) is 1. The molecule has 0 aromatic heterocycles. The maximum Gasteiger partial charge on any atom is 0.242 e. The van der Waals surface area contributed by atoms with Crippen LogP contribution in [0, 0.1) is 5.41 Å². The molecule has 1 unspecified atom stereocenters. The van der Waals surface area contributed by atoms with Gasteiger partial charge >= 0.3 is 0 Å². The molecule has 0 aliphatic carbocycles. The van der Waals surface area contributed by atoms with Crippen molar-refractivity contribution in [3.63, 3.8) is 0 Å². The second-order valence-corrected chi connectivity index (χ2v) is 9.25. The Morgan fingerprint density at radius 2 is 1.64 bits per heavy atom. The number of carbonyl (C=O) groups excluding carboxylic acids is 2. The lowest BCUT2D eigenvalue weighted by Gasteiger charge is -2.23. The van der Waals surface area contributed by atoms with Crippen LogP contribution in [0.5, 0.6) is 5.75 Å². The Balaban J connectivity index is 0.00000288. The number of nitrogens with one attached hydrogen (secondary N) is 3. The van der Waals surface area contributed by atoms with Gasteiger partial charge in [0.05, 0.1) is 5.56 Å². The van der Waals surface area contributed by atoms with Crippen molar-refractivity contribution in [1.29, 1.82) is 5.41 Å². The Morgan fingerprint density at radius 1 is 0.976 bits per heavy atom. The summed E-state index contributed by atoms with van der Waals surface area (Å²) in [6, 6.07) is 25.0. The molecular formula is C34H47N5O3. The molecule has 8 N–H and O–H groups in total. The molecular weight excluding hydrogens is 526 g/mol. The molecule has 0 aliphatic rings. The quantitative estimate of drug-likeness (QED) is 0.0629. The van der Waals surface area contributed by atoms with Crippen LogP contribution in [0.15, 0.2) is 84.9 Å². The van der Waals surface area contributed by atoms with Crippen LogP contribution >= 0.6 is 0 Å². The van der Waals surface area contributed by atoms with Gasteiger partial charge in [-0.1, -0.05) is 93.6 Å². The highest BCUT2D eigenvalue weighted by Gasteiger charge is 2.21. The number of aryl methyl sites for hydroxylation is 1. The minimum atomic E-state index is -0.557. The lowest BCUT2D eigenvalue weighted by Crippen LogP contribution is -2.45. The van der Waals surface area contributed by atoms with Crippen LogP contribution in [-0.4, -0.2) is 37.2 Å². The average Bonchev–Trinajstić information content (AvgIpc) is 3.01. The summed E-state index contributed by atoms with van der Waals surface area (Å²) >= 11 is 0. The highest BCUT2D eigenvalue weighted by Crippen LogP contribution is 2.22. The van der Waals surface area contributed by atoms with Gasteiger partial charge in [0.15, 0.2) is 6.29 Å². The van der Waals surface area contributed by atoms with E-state index in [4.69, 9.17) is 15.9 Å². The van der Waals surface area contributed by atoms with E-state index in [2.05, 4.69) is 35.8 Å². The topological polar surface area (TPSA) is 152 Å². The molecule has 226 valence electrons. The van der Waals surface area contributed by atoms with Crippen molar-refractivity contribution in [3.05, 3.63) is 107 Å². The second kappa shape index (κ2) is 20.4. The average molecular weight is 574 g/mol. The number of hydrogen-bond donors (Lipinski definition) is 5. The molecule has 3 aromatic carbocycles. The van der Waals surface area contributed by atoms with E-state index < -0.39 is 6.04 Å². The number of amidine groups is 1. The highest BCUT2D eigenvalue weighted by molar-refractivity contribution is 5.98. The summed E-state index contributed by atoms with van der Waals surface area (Å²) in [7, 11) is 0. The molecule has 0 radical (unpaired) electrons. The van der Waals surface area contributed by atoms with Crippen molar-refractivity contribution >= 4 is 23.7 Å². The van der Waals surface area contributed by atoms with Gasteiger partial charge in [-0.15, -0.1) is 0 Å². The second-order valence-electron chi connectivity index (χ2n) is 9.25. The normalized spacial score (nSPS) is 11.2. The first-order chi connectivity index (χ1) is 20.0. The van der Waals surface area contributed by atoms with Gasteiger partial charge in [0, 0.05) is 18.7 Å². The predicted molar refractivity (Wildman–Crippen MR) is 173 cm³/mol. The van der Waals surface area contributed by atoms with Gasteiger partial charge in [0.1, 0.15) is 24.2 Å². The largest absolute Gasteiger partial charge is 0.485 e.